The summed E-state index contributed by atoms with van der Waals surface area (Å²) in [4.78, 5) is 21.7. The van der Waals surface area contributed by atoms with E-state index in [-0.39, 0.29) is 0 Å². The first-order chi connectivity index (χ1) is 5.83. The van der Waals surface area contributed by atoms with Gasteiger partial charge in [0.05, 0.1) is 5.92 Å². The predicted molar refractivity (Wildman–Crippen MR) is 41.8 cm³/mol. The van der Waals surface area contributed by atoms with Crippen LogP contribution in [0, 0.1) is 5.92 Å². The number of hydrogen-bond donors (Lipinski definition) is 1. The van der Waals surface area contributed by atoms with Crippen LogP contribution in [0.3, 0.4) is 0 Å². The molecule has 0 radical (unpaired) electrons. The van der Waals surface area contributed by atoms with Crippen molar-refractivity contribution in [2.24, 2.45) is 5.92 Å². The molecule has 74 valence electrons. The molecule has 0 aromatic carbocycles. The Morgan fingerprint density at radius 2 is 2.15 bits per heavy atom. The van der Waals surface area contributed by atoms with E-state index >= 15 is 0 Å². The van der Waals surface area contributed by atoms with E-state index in [1.807, 2.05) is 0 Å². The van der Waals surface area contributed by atoms with Crippen molar-refractivity contribution in [2.45, 2.75) is 32.7 Å². The average molecular weight is 188 g/mol. The van der Waals surface area contributed by atoms with Crippen LogP contribution < -0.4 is 0 Å². The Labute approximate surface area is 75.6 Å². The molecule has 1 aliphatic heterocycles. The van der Waals surface area contributed by atoms with Gasteiger partial charge in [-0.3, -0.25) is 4.79 Å². The fraction of sp³-hybridized carbons (Fsp3) is 0.750. The van der Waals surface area contributed by atoms with E-state index in [0.717, 1.165) is 0 Å². The average Bonchev–Trinajstić information content (AvgIpc) is 2.22. The highest BCUT2D eigenvalue weighted by Gasteiger charge is 2.45. The zero-order chi connectivity index (χ0) is 10.2. The van der Waals surface area contributed by atoms with Crippen molar-refractivity contribution in [3.8, 4) is 0 Å². The molecule has 2 atom stereocenters. The number of carbonyl (C=O) groups excluding carboxylic acids is 1. The first-order valence-electron chi connectivity index (χ1n) is 3.97. The number of carboxylic acids is 1. The van der Waals surface area contributed by atoms with Gasteiger partial charge in [0.25, 0.3) is 0 Å². The molecule has 1 N–H and O–H groups in total. The van der Waals surface area contributed by atoms with Crippen LogP contribution in [-0.2, 0) is 19.1 Å². The van der Waals surface area contributed by atoms with Gasteiger partial charge in [0.1, 0.15) is 0 Å². The van der Waals surface area contributed by atoms with Crippen LogP contribution in [0.4, 0.5) is 0 Å². The smallest absolute Gasteiger partial charge is 0.338 e. The quantitative estimate of drug-likeness (QED) is 0.634. The largest absolute Gasteiger partial charge is 0.481 e. The minimum absolute atomic E-state index is 0.611. The van der Waals surface area contributed by atoms with Crippen molar-refractivity contribution in [1.82, 2.24) is 0 Å². The van der Waals surface area contributed by atoms with Gasteiger partial charge in [-0.2, -0.15) is 0 Å². The molecule has 1 fully saturated rings. The maximum Gasteiger partial charge on any atom is 0.338 e. The molecule has 0 unspecified atom stereocenters. The molecule has 0 aliphatic carbocycles. The third kappa shape index (κ3) is 1.98. The molecule has 1 rings (SSSR count). The van der Waals surface area contributed by atoms with Gasteiger partial charge >= 0.3 is 11.9 Å². The first-order valence-corrected chi connectivity index (χ1v) is 3.97. The van der Waals surface area contributed by atoms with Gasteiger partial charge in [0.15, 0.2) is 6.10 Å². The van der Waals surface area contributed by atoms with E-state index in [2.05, 4.69) is 0 Å². The molecule has 1 aliphatic rings. The van der Waals surface area contributed by atoms with Crippen molar-refractivity contribution in [2.75, 3.05) is 0 Å². The Bertz CT molecular complexity index is 245. The topological polar surface area (TPSA) is 72.8 Å². The molecule has 0 spiro atoms. The number of cyclic esters (lactones) is 1. The molecule has 1 heterocycles. The number of carbonyl (C=O) groups is 2. The van der Waals surface area contributed by atoms with E-state index in [0.29, 0.717) is 0 Å². The highest BCUT2D eigenvalue weighted by Crippen LogP contribution is 2.27. The number of esters is 1. The van der Waals surface area contributed by atoms with Gasteiger partial charge in [0, 0.05) is 13.8 Å². The van der Waals surface area contributed by atoms with Crippen molar-refractivity contribution in [3.05, 3.63) is 0 Å². The van der Waals surface area contributed by atoms with Crippen molar-refractivity contribution in [3.63, 3.8) is 0 Å². The monoisotopic (exact) mass is 188 g/mol. The van der Waals surface area contributed by atoms with E-state index in [9.17, 15) is 9.59 Å². The molecule has 0 aromatic heterocycles. The number of hydrogen-bond acceptors (Lipinski definition) is 4. The normalized spacial score (nSPS) is 28.2. The van der Waals surface area contributed by atoms with Crippen LogP contribution in [0.2, 0.25) is 0 Å². The van der Waals surface area contributed by atoms with Crippen LogP contribution in [0.5, 0.6) is 0 Å². The Morgan fingerprint density at radius 3 is 2.46 bits per heavy atom. The highest BCUT2D eigenvalue weighted by atomic mass is 16.8. The molecule has 0 amide bonds. The van der Waals surface area contributed by atoms with Gasteiger partial charge < -0.3 is 14.6 Å². The molecular formula is C8H12O5. The Hall–Kier alpha value is -1.10. The summed E-state index contributed by atoms with van der Waals surface area (Å²) in [5, 5.41) is 8.64. The lowest BCUT2D eigenvalue weighted by molar-refractivity contribution is -0.163. The fourth-order valence-electron chi connectivity index (χ4n) is 1.11. The van der Waals surface area contributed by atoms with Gasteiger partial charge in [-0.15, -0.1) is 0 Å². The van der Waals surface area contributed by atoms with E-state index in [1.165, 1.54) is 6.92 Å². The van der Waals surface area contributed by atoms with Crippen molar-refractivity contribution in [1.29, 1.82) is 0 Å². The lowest BCUT2D eigenvalue weighted by Gasteiger charge is -2.16. The maximum atomic E-state index is 11.1. The molecule has 0 bridgehead atoms. The number of carboxylic acid groups (broad SMARTS) is 1. The zero-order valence-electron chi connectivity index (χ0n) is 7.73. The minimum Gasteiger partial charge on any atom is -0.481 e. The Balaban J connectivity index is 2.73. The summed E-state index contributed by atoms with van der Waals surface area (Å²) in [7, 11) is 0. The number of ether oxygens (including phenoxy) is 2. The standard InChI is InChI=1S/C8H12O5/c1-4(6(9)10)5-7(11)13-8(2,3)12-5/h4-5H,1-3H3,(H,9,10)/t4-,5+/m0/s1. The second kappa shape index (κ2) is 2.99. The number of rotatable bonds is 2. The molecular weight excluding hydrogens is 176 g/mol. The fourth-order valence-corrected chi connectivity index (χ4v) is 1.11. The summed E-state index contributed by atoms with van der Waals surface area (Å²) in [5.74, 6) is -3.57. The zero-order valence-corrected chi connectivity index (χ0v) is 7.73. The third-order valence-corrected chi connectivity index (χ3v) is 1.83. The van der Waals surface area contributed by atoms with Gasteiger partial charge in [0.2, 0.25) is 5.79 Å². The van der Waals surface area contributed by atoms with Gasteiger partial charge in [-0.05, 0) is 6.92 Å². The Morgan fingerprint density at radius 1 is 1.62 bits per heavy atom. The van der Waals surface area contributed by atoms with Crippen LogP contribution in [-0.4, -0.2) is 28.9 Å². The summed E-state index contributed by atoms with van der Waals surface area (Å²) in [6, 6.07) is 0. The summed E-state index contributed by atoms with van der Waals surface area (Å²) < 4.78 is 9.94. The Kier molecular flexibility index (Phi) is 2.30. The van der Waals surface area contributed by atoms with E-state index < -0.39 is 29.7 Å². The highest BCUT2D eigenvalue weighted by molar-refractivity contribution is 5.83. The van der Waals surface area contributed by atoms with E-state index in [4.69, 9.17) is 14.6 Å². The van der Waals surface area contributed by atoms with Gasteiger partial charge in [-0.25, -0.2) is 4.79 Å². The van der Waals surface area contributed by atoms with Crippen LogP contribution in [0.1, 0.15) is 20.8 Å². The lowest BCUT2D eigenvalue weighted by Crippen LogP contribution is -2.31. The summed E-state index contributed by atoms with van der Waals surface area (Å²) >= 11 is 0. The lowest BCUT2D eigenvalue weighted by atomic mass is 10.1. The molecule has 5 heteroatoms. The molecule has 0 aromatic rings. The van der Waals surface area contributed by atoms with E-state index in [1.54, 1.807) is 13.8 Å². The van der Waals surface area contributed by atoms with Crippen molar-refractivity contribution < 1.29 is 24.2 Å². The minimum atomic E-state index is -1.07. The van der Waals surface area contributed by atoms with Gasteiger partial charge in [-0.1, -0.05) is 0 Å². The maximum absolute atomic E-state index is 11.1. The van der Waals surface area contributed by atoms with Crippen LogP contribution in [0.15, 0.2) is 0 Å². The molecule has 1 saturated heterocycles. The van der Waals surface area contributed by atoms with Crippen LogP contribution >= 0.6 is 0 Å². The number of aliphatic carboxylic acids is 1. The van der Waals surface area contributed by atoms with Crippen LogP contribution in [0.25, 0.3) is 0 Å². The second-order valence-corrected chi connectivity index (χ2v) is 3.49. The predicted octanol–water partition coefficient (Wildman–Crippen LogP) is 0.385. The van der Waals surface area contributed by atoms with Crippen molar-refractivity contribution >= 4 is 11.9 Å². The molecule has 5 nitrogen and oxygen atoms in total. The summed E-state index contributed by atoms with van der Waals surface area (Å²) in [6.45, 7) is 4.55. The molecule has 0 saturated carbocycles. The SMILES string of the molecule is C[C@H](C(=O)O)[C@H]1OC(C)(C)OC1=O. The summed E-state index contributed by atoms with van der Waals surface area (Å²) in [6.07, 6.45) is -0.993. The summed E-state index contributed by atoms with van der Waals surface area (Å²) in [5.41, 5.74) is 0. The second-order valence-electron chi connectivity index (χ2n) is 3.49. The molecule has 13 heavy (non-hydrogen) atoms. The third-order valence-electron chi connectivity index (χ3n) is 1.83. The first kappa shape index (κ1) is 9.98.